The van der Waals surface area contributed by atoms with E-state index in [4.69, 9.17) is 14.2 Å². The molecule has 2 aromatic rings. The molecule has 27 heavy (non-hydrogen) atoms. The molecule has 1 aliphatic rings. The van der Waals surface area contributed by atoms with Gasteiger partial charge in [0.05, 0.1) is 19.4 Å². The average Bonchev–Trinajstić information content (AvgIpc) is 3.15. The zero-order valence-corrected chi connectivity index (χ0v) is 14.7. The number of carbonyl (C=O) groups excluding carboxylic acids is 2. The fourth-order valence-corrected chi connectivity index (χ4v) is 2.34. The van der Waals surface area contributed by atoms with Crippen molar-refractivity contribution in [1.29, 1.82) is 0 Å². The van der Waals surface area contributed by atoms with E-state index in [2.05, 4.69) is 15.8 Å². The van der Waals surface area contributed by atoms with Gasteiger partial charge < -0.3 is 19.5 Å². The average molecular weight is 369 g/mol. The highest BCUT2D eigenvalue weighted by molar-refractivity contribution is 5.96. The summed E-state index contributed by atoms with van der Waals surface area (Å²) in [5.74, 6) is 1.20. The SMILES string of the molecule is CCOc1ccc(C(=O)NCC(=O)NN=Cc2ccc3c(c2)OCO3)cc1. The first-order chi connectivity index (χ1) is 13.2. The molecule has 2 amide bonds. The number of benzene rings is 2. The Morgan fingerprint density at radius 3 is 2.70 bits per heavy atom. The van der Waals surface area contributed by atoms with Crippen LogP contribution < -0.4 is 25.0 Å². The molecule has 1 aliphatic heterocycles. The number of amides is 2. The molecule has 8 heteroatoms. The number of nitrogens with zero attached hydrogens (tertiary/aromatic N) is 1. The van der Waals surface area contributed by atoms with Gasteiger partial charge in [-0.2, -0.15) is 5.10 Å². The van der Waals surface area contributed by atoms with Crippen LogP contribution >= 0.6 is 0 Å². The van der Waals surface area contributed by atoms with Gasteiger partial charge in [-0.1, -0.05) is 0 Å². The van der Waals surface area contributed by atoms with Crippen molar-refractivity contribution in [3.05, 3.63) is 53.6 Å². The van der Waals surface area contributed by atoms with Crippen molar-refractivity contribution in [2.75, 3.05) is 19.9 Å². The molecular formula is C19H19N3O5. The number of ether oxygens (including phenoxy) is 3. The Hall–Kier alpha value is -3.55. The van der Waals surface area contributed by atoms with E-state index < -0.39 is 5.91 Å². The van der Waals surface area contributed by atoms with Gasteiger partial charge in [0, 0.05) is 5.56 Å². The molecule has 0 bridgehead atoms. The molecule has 0 aliphatic carbocycles. The van der Waals surface area contributed by atoms with Gasteiger partial charge in [-0.3, -0.25) is 9.59 Å². The van der Waals surface area contributed by atoms with Gasteiger partial charge >= 0.3 is 0 Å². The van der Waals surface area contributed by atoms with E-state index in [0.29, 0.717) is 29.4 Å². The van der Waals surface area contributed by atoms with Gasteiger partial charge in [0.15, 0.2) is 11.5 Å². The first-order valence-corrected chi connectivity index (χ1v) is 8.38. The van der Waals surface area contributed by atoms with Crippen LogP contribution in [0.4, 0.5) is 0 Å². The largest absolute Gasteiger partial charge is 0.494 e. The van der Waals surface area contributed by atoms with Gasteiger partial charge in [0.25, 0.3) is 11.8 Å². The van der Waals surface area contributed by atoms with Crippen LogP contribution in [0.2, 0.25) is 0 Å². The second kappa shape index (κ2) is 8.70. The van der Waals surface area contributed by atoms with Gasteiger partial charge in [-0.05, 0) is 55.0 Å². The van der Waals surface area contributed by atoms with Crippen LogP contribution in [0.15, 0.2) is 47.6 Å². The Morgan fingerprint density at radius 1 is 1.15 bits per heavy atom. The predicted molar refractivity (Wildman–Crippen MR) is 98.2 cm³/mol. The Balaban J connectivity index is 1.44. The van der Waals surface area contributed by atoms with Gasteiger partial charge in [0.2, 0.25) is 6.79 Å². The standard InChI is InChI=1S/C19H19N3O5/c1-2-25-15-6-4-14(5-7-15)19(24)20-11-18(23)22-21-10-13-3-8-16-17(9-13)27-12-26-16/h3-10H,2,11-12H2,1H3,(H,20,24)(H,22,23). The molecule has 3 rings (SSSR count). The highest BCUT2D eigenvalue weighted by Crippen LogP contribution is 2.31. The first kappa shape index (κ1) is 18.2. The molecule has 8 nitrogen and oxygen atoms in total. The van der Waals surface area contributed by atoms with Crippen LogP contribution in [0.5, 0.6) is 17.2 Å². The molecule has 1 heterocycles. The van der Waals surface area contributed by atoms with E-state index >= 15 is 0 Å². The fraction of sp³-hybridized carbons (Fsp3) is 0.211. The predicted octanol–water partition coefficient (Wildman–Crippen LogP) is 1.69. The molecule has 0 saturated heterocycles. The Labute approximate surface area is 156 Å². The fourth-order valence-electron chi connectivity index (χ4n) is 2.34. The first-order valence-electron chi connectivity index (χ1n) is 8.38. The molecule has 0 radical (unpaired) electrons. The summed E-state index contributed by atoms with van der Waals surface area (Å²) in [7, 11) is 0. The van der Waals surface area contributed by atoms with Crippen molar-refractivity contribution in [1.82, 2.24) is 10.7 Å². The third-order valence-electron chi connectivity index (χ3n) is 3.64. The van der Waals surface area contributed by atoms with Crippen LogP contribution in [0.25, 0.3) is 0 Å². The molecule has 0 fully saturated rings. The minimum Gasteiger partial charge on any atom is -0.494 e. The smallest absolute Gasteiger partial charge is 0.259 e. The number of carbonyl (C=O) groups is 2. The Bertz CT molecular complexity index is 849. The van der Waals surface area contributed by atoms with Crippen LogP contribution in [-0.4, -0.2) is 38.0 Å². The normalized spacial score (nSPS) is 12.0. The lowest BCUT2D eigenvalue weighted by Crippen LogP contribution is -2.34. The highest BCUT2D eigenvalue weighted by atomic mass is 16.7. The van der Waals surface area contributed by atoms with Crippen molar-refractivity contribution >= 4 is 18.0 Å². The zero-order chi connectivity index (χ0) is 19.1. The maximum absolute atomic E-state index is 12.0. The van der Waals surface area contributed by atoms with Gasteiger partial charge in [0.1, 0.15) is 5.75 Å². The maximum Gasteiger partial charge on any atom is 0.259 e. The lowest BCUT2D eigenvalue weighted by molar-refractivity contribution is -0.120. The zero-order valence-electron chi connectivity index (χ0n) is 14.7. The summed E-state index contributed by atoms with van der Waals surface area (Å²) in [6.45, 7) is 2.44. The lowest BCUT2D eigenvalue weighted by atomic mass is 10.2. The summed E-state index contributed by atoms with van der Waals surface area (Å²) in [6, 6.07) is 12.0. The van der Waals surface area contributed by atoms with E-state index in [1.165, 1.54) is 6.21 Å². The van der Waals surface area contributed by atoms with E-state index in [1.807, 2.05) is 6.92 Å². The summed E-state index contributed by atoms with van der Waals surface area (Å²) in [6.07, 6.45) is 1.48. The van der Waals surface area contributed by atoms with Crippen LogP contribution in [0, 0.1) is 0 Å². The number of hydrogen-bond donors (Lipinski definition) is 2. The van der Waals surface area contributed by atoms with Crippen LogP contribution in [-0.2, 0) is 4.79 Å². The van der Waals surface area contributed by atoms with Crippen molar-refractivity contribution in [3.8, 4) is 17.2 Å². The Kier molecular flexibility index (Phi) is 5.88. The number of hydrogen-bond acceptors (Lipinski definition) is 6. The molecular weight excluding hydrogens is 350 g/mol. The summed E-state index contributed by atoms with van der Waals surface area (Å²) >= 11 is 0. The maximum atomic E-state index is 12.0. The topological polar surface area (TPSA) is 98.2 Å². The van der Waals surface area contributed by atoms with Crippen LogP contribution in [0.3, 0.4) is 0 Å². The van der Waals surface area contributed by atoms with Crippen molar-refractivity contribution < 1.29 is 23.8 Å². The molecule has 0 spiro atoms. The third kappa shape index (κ3) is 4.97. The summed E-state index contributed by atoms with van der Waals surface area (Å²) in [5, 5.41) is 6.39. The van der Waals surface area contributed by atoms with E-state index in [-0.39, 0.29) is 19.2 Å². The number of nitrogens with one attached hydrogen (secondary N) is 2. The number of hydrazone groups is 1. The second-order valence-corrected chi connectivity index (χ2v) is 5.55. The second-order valence-electron chi connectivity index (χ2n) is 5.55. The Morgan fingerprint density at radius 2 is 1.93 bits per heavy atom. The minimum atomic E-state index is -0.439. The molecule has 2 aromatic carbocycles. The molecule has 0 unspecified atom stereocenters. The van der Waals surface area contributed by atoms with Crippen molar-refractivity contribution in [2.24, 2.45) is 5.10 Å². The van der Waals surface area contributed by atoms with Crippen molar-refractivity contribution in [3.63, 3.8) is 0 Å². The summed E-state index contributed by atoms with van der Waals surface area (Å²) < 4.78 is 15.8. The van der Waals surface area contributed by atoms with E-state index in [1.54, 1.807) is 42.5 Å². The summed E-state index contributed by atoms with van der Waals surface area (Å²) in [5.41, 5.74) is 3.54. The van der Waals surface area contributed by atoms with Gasteiger partial charge in [-0.15, -0.1) is 0 Å². The quantitative estimate of drug-likeness (QED) is 0.572. The lowest BCUT2D eigenvalue weighted by Gasteiger charge is -2.06. The van der Waals surface area contributed by atoms with Gasteiger partial charge in [-0.25, -0.2) is 5.43 Å². The third-order valence-corrected chi connectivity index (χ3v) is 3.64. The monoisotopic (exact) mass is 369 g/mol. The molecule has 0 aromatic heterocycles. The van der Waals surface area contributed by atoms with E-state index in [0.717, 1.165) is 5.56 Å². The number of rotatable bonds is 7. The summed E-state index contributed by atoms with van der Waals surface area (Å²) in [4.78, 5) is 23.8. The van der Waals surface area contributed by atoms with E-state index in [9.17, 15) is 9.59 Å². The van der Waals surface area contributed by atoms with Crippen LogP contribution in [0.1, 0.15) is 22.8 Å². The number of fused-ring (bicyclic) bond motifs is 1. The molecule has 0 atom stereocenters. The minimum absolute atomic E-state index is 0.190. The molecule has 140 valence electrons. The molecule has 2 N–H and O–H groups in total. The molecule has 0 saturated carbocycles. The highest BCUT2D eigenvalue weighted by Gasteiger charge is 2.12. The van der Waals surface area contributed by atoms with Crippen molar-refractivity contribution in [2.45, 2.75) is 6.92 Å².